The summed E-state index contributed by atoms with van der Waals surface area (Å²) in [5.41, 5.74) is 1.15. The molecule has 6 nitrogen and oxygen atoms in total. The molecule has 8 heteroatoms. The summed E-state index contributed by atoms with van der Waals surface area (Å²) in [7, 11) is 0. The fourth-order valence-electron chi connectivity index (χ4n) is 2.72. The SMILES string of the molecule is CSc1ncc(C(=O)NCCN2CCOCC2)n1-c1ccc(F)cc1. The number of carbonyl (C=O) groups excluding carboxylic acids is 1. The van der Waals surface area contributed by atoms with Crippen molar-refractivity contribution in [2.75, 3.05) is 45.6 Å². The fourth-order valence-corrected chi connectivity index (χ4v) is 3.27. The van der Waals surface area contributed by atoms with Gasteiger partial charge in [-0.2, -0.15) is 0 Å². The molecular weight excluding hydrogens is 343 g/mol. The van der Waals surface area contributed by atoms with E-state index in [9.17, 15) is 9.18 Å². The Kier molecular flexibility index (Phi) is 6.06. The second kappa shape index (κ2) is 8.46. The summed E-state index contributed by atoms with van der Waals surface area (Å²) < 4.78 is 20.2. The number of imidazole rings is 1. The molecule has 1 fully saturated rings. The van der Waals surface area contributed by atoms with E-state index < -0.39 is 0 Å². The Bertz CT molecular complexity index is 714. The first-order chi connectivity index (χ1) is 12.2. The molecule has 0 atom stereocenters. The van der Waals surface area contributed by atoms with Gasteiger partial charge >= 0.3 is 0 Å². The number of aromatic nitrogens is 2. The largest absolute Gasteiger partial charge is 0.379 e. The highest BCUT2D eigenvalue weighted by molar-refractivity contribution is 7.98. The molecule has 25 heavy (non-hydrogen) atoms. The van der Waals surface area contributed by atoms with Gasteiger partial charge in [-0.15, -0.1) is 0 Å². The molecule has 2 heterocycles. The van der Waals surface area contributed by atoms with Crippen LogP contribution in [0.1, 0.15) is 10.5 Å². The lowest BCUT2D eigenvalue weighted by Gasteiger charge is -2.26. The highest BCUT2D eigenvalue weighted by Crippen LogP contribution is 2.22. The van der Waals surface area contributed by atoms with Gasteiger partial charge in [0.1, 0.15) is 11.5 Å². The summed E-state index contributed by atoms with van der Waals surface area (Å²) in [5, 5.41) is 3.62. The van der Waals surface area contributed by atoms with Crippen LogP contribution in [-0.2, 0) is 4.74 Å². The quantitative estimate of drug-likeness (QED) is 0.792. The number of nitrogens with zero attached hydrogens (tertiary/aromatic N) is 3. The van der Waals surface area contributed by atoms with Gasteiger partial charge in [0.15, 0.2) is 5.16 Å². The van der Waals surface area contributed by atoms with Crippen molar-refractivity contribution >= 4 is 17.7 Å². The highest BCUT2D eigenvalue weighted by Gasteiger charge is 2.18. The maximum atomic E-state index is 13.2. The molecule has 0 radical (unpaired) electrons. The minimum absolute atomic E-state index is 0.189. The number of benzene rings is 1. The van der Waals surface area contributed by atoms with E-state index in [1.54, 1.807) is 22.9 Å². The molecule has 0 saturated carbocycles. The zero-order valence-electron chi connectivity index (χ0n) is 14.1. The van der Waals surface area contributed by atoms with Gasteiger partial charge in [-0.3, -0.25) is 14.3 Å². The van der Waals surface area contributed by atoms with Crippen LogP contribution >= 0.6 is 11.8 Å². The third kappa shape index (κ3) is 4.39. The van der Waals surface area contributed by atoms with E-state index in [2.05, 4.69) is 15.2 Å². The molecule has 1 aliphatic rings. The van der Waals surface area contributed by atoms with E-state index in [0.29, 0.717) is 23.1 Å². The van der Waals surface area contributed by atoms with E-state index in [4.69, 9.17) is 4.74 Å². The van der Waals surface area contributed by atoms with Crippen LogP contribution in [0.3, 0.4) is 0 Å². The first-order valence-electron chi connectivity index (χ1n) is 8.15. The van der Waals surface area contributed by atoms with Gasteiger partial charge in [-0.1, -0.05) is 11.8 Å². The van der Waals surface area contributed by atoms with Gasteiger partial charge < -0.3 is 10.1 Å². The minimum Gasteiger partial charge on any atom is -0.379 e. The number of ether oxygens (including phenoxy) is 1. The molecule has 1 saturated heterocycles. The first-order valence-corrected chi connectivity index (χ1v) is 9.37. The van der Waals surface area contributed by atoms with Crippen molar-refractivity contribution in [3.8, 4) is 5.69 Å². The molecule has 0 unspecified atom stereocenters. The molecule has 1 aliphatic heterocycles. The van der Waals surface area contributed by atoms with Crippen LogP contribution in [0.2, 0.25) is 0 Å². The minimum atomic E-state index is -0.314. The summed E-state index contributed by atoms with van der Waals surface area (Å²) in [4.78, 5) is 19.1. The van der Waals surface area contributed by atoms with Gasteiger partial charge in [0.05, 0.1) is 19.4 Å². The molecule has 1 amide bonds. The number of nitrogens with one attached hydrogen (secondary N) is 1. The average Bonchev–Trinajstić information content (AvgIpc) is 3.07. The predicted molar refractivity (Wildman–Crippen MR) is 94.9 cm³/mol. The van der Waals surface area contributed by atoms with Gasteiger partial charge in [-0.05, 0) is 30.5 Å². The van der Waals surface area contributed by atoms with Crippen LogP contribution in [0.25, 0.3) is 5.69 Å². The molecule has 134 valence electrons. The number of hydrogen-bond acceptors (Lipinski definition) is 5. The van der Waals surface area contributed by atoms with E-state index in [-0.39, 0.29) is 11.7 Å². The van der Waals surface area contributed by atoms with Crippen molar-refractivity contribution in [1.29, 1.82) is 0 Å². The monoisotopic (exact) mass is 364 g/mol. The number of morpholine rings is 1. The Morgan fingerprint density at radius 1 is 1.32 bits per heavy atom. The van der Waals surface area contributed by atoms with Crippen LogP contribution in [0.5, 0.6) is 0 Å². The second-order valence-corrected chi connectivity index (χ2v) is 6.43. The van der Waals surface area contributed by atoms with Crippen LogP contribution < -0.4 is 5.32 Å². The van der Waals surface area contributed by atoms with E-state index in [1.165, 1.54) is 23.9 Å². The predicted octanol–water partition coefficient (Wildman–Crippen LogP) is 1.80. The van der Waals surface area contributed by atoms with Crippen LogP contribution in [0.15, 0.2) is 35.6 Å². The Hall–Kier alpha value is -1.90. The molecule has 1 N–H and O–H groups in total. The molecule has 2 aromatic rings. The summed E-state index contributed by atoms with van der Waals surface area (Å²) in [5.74, 6) is -0.503. The summed E-state index contributed by atoms with van der Waals surface area (Å²) in [6.07, 6.45) is 3.45. The fraction of sp³-hybridized carbons (Fsp3) is 0.412. The molecule has 0 spiro atoms. The van der Waals surface area contributed by atoms with Crippen LogP contribution in [0.4, 0.5) is 4.39 Å². The van der Waals surface area contributed by atoms with Crippen molar-refractivity contribution in [1.82, 2.24) is 19.8 Å². The second-order valence-electron chi connectivity index (χ2n) is 5.65. The van der Waals surface area contributed by atoms with Gasteiger partial charge in [-0.25, -0.2) is 9.37 Å². The Morgan fingerprint density at radius 2 is 2.04 bits per heavy atom. The number of hydrogen-bond donors (Lipinski definition) is 1. The normalized spacial score (nSPS) is 15.3. The average molecular weight is 364 g/mol. The van der Waals surface area contributed by atoms with E-state index >= 15 is 0 Å². The molecule has 0 bridgehead atoms. The van der Waals surface area contributed by atoms with Gasteiger partial charge in [0.2, 0.25) is 0 Å². The van der Waals surface area contributed by atoms with Crippen molar-refractivity contribution in [3.63, 3.8) is 0 Å². The number of rotatable bonds is 6. The highest BCUT2D eigenvalue weighted by atomic mass is 32.2. The topological polar surface area (TPSA) is 59.4 Å². The van der Waals surface area contributed by atoms with Gasteiger partial charge in [0, 0.05) is 31.9 Å². The number of halogens is 1. The Labute approximate surface area is 150 Å². The Morgan fingerprint density at radius 3 is 2.72 bits per heavy atom. The molecule has 1 aromatic heterocycles. The maximum Gasteiger partial charge on any atom is 0.270 e. The zero-order chi connectivity index (χ0) is 17.6. The lowest BCUT2D eigenvalue weighted by molar-refractivity contribution is 0.0383. The molecular formula is C17H21FN4O2S. The number of amides is 1. The lowest BCUT2D eigenvalue weighted by atomic mass is 10.3. The molecule has 1 aromatic carbocycles. The maximum absolute atomic E-state index is 13.2. The van der Waals surface area contributed by atoms with Crippen molar-refractivity contribution < 1.29 is 13.9 Å². The third-order valence-corrected chi connectivity index (χ3v) is 4.70. The van der Waals surface area contributed by atoms with Gasteiger partial charge in [0.25, 0.3) is 5.91 Å². The van der Waals surface area contributed by atoms with Crippen LogP contribution in [0, 0.1) is 5.82 Å². The van der Waals surface area contributed by atoms with Crippen molar-refractivity contribution in [2.45, 2.75) is 5.16 Å². The lowest BCUT2D eigenvalue weighted by Crippen LogP contribution is -2.41. The smallest absolute Gasteiger partial charge is 0.270 e. The van der Waals surface area contributed by atoms with Crippen molar-refractivity contribution in [2.24, 2.45) is 0 Å². The number of thioether (sulfide) groups is 1. The first kappa shape index (κ1) is 17.9. The van der Waals surface area contributed by atoms with E-state index in [1.807, 2.05) is 6.26 Å². The Balaban J connectivity index is 1.69. The van der Waals surface area contributed by atoms with Crippen molar-refractivity contribution in [3.05, 3.63) is 42.0 Å². The standard InChI is InChI=1S/C17H21FN4O2S/c1-25-17-20-12-15(22(17)14-4-2-13(18)3-5-14)16(23)19-6-7-21-8-10-24-11-9-21/h2-5,12H,6-11H2,1H3,(H,19,23). The van der Waals surface area contributed by atoms with Crippen LogP contribution in [-0.4, -0.2) is 66.0 Å². The molecule has 3 rings (SSSR count). The molecule has 0 aliphatic carbocycles. The summed E-state index contributed by atoms with van der Waals surface area (Å²) in [6.45, 7) is 4.60. The zero-order valence-corrected chi connectivity index (χ0v) is 14.9. The summed E-state index contributed by atoms with van der Waals surface area (Å²) in [6, 6.07) is 6.03. The number of carbonyl (C=O) groups is 1. The summed E-state index contributed by atoms with van der Waals surface area (Å²) >= 11 is 1.44. The third-order valence-electron chi connectivity index (χ3n) is 4.05. The van der Waals surface area contributed by atoms with E-state index in [0.717, 1.165) is 32.8 Å².